The van der Waals surface area contributed by atoms with Crippen molar-refractivity contribution < 1.29 is 14.3 Å². The second-order valence-corrected chi connectivity index (χ2v) is 8.50. The molecule has 0 atom stereocenters. The molecule has 0 aliphatic carbocycles. The van der Waals surface area contributed by atoms with E-state index < -0.39 is 11.8 Å². The Balaban J connectivity index is 1.31. The maximum Gasteiger partial charge on any atom is 0.313 e. The van der Waals surface area contributed by atoms with Gasteiger partial charge in [0.15, 0.2) is 0 Å². The number of carbonyl (C=O) groups is 2. The van der Waals surface area contributed by atoms with Crippen molar-refractivity contribution in [2.75, 3.05) is 75.7 Å². The number of piperazine rings is 1. The van der Waals surface area contributed by atoms with Crippen LogP contribution >= 0.6 is 0 Å². The molecule has 0 spiro atoms. The number of hydrogen-bond donors (Lipinski definition) is 2. The number of rotatable bonds is 12. The Morgan fingerprint density at radius 1 is 1.03 bits per heavy atom. The maximum atomic E-state index is 12.3. The first-order valence-electron chi connectivity index (χ1n) is 12.5. The van der Waals surface area contributed by atoms with Crippen LogP contribution in [0.5, 0.6) is 5.75 Å². The van der Waals surface area contributed by atoms with Crippen LogP contribution in [-0.2, 0) is 9.59 Å². The minimum absolute atomic E-state index is 0.464. The molecule has 2 aromatic rings. The first-order valence-corrected chi connectivity index (χ1v) is 12.5. The van der Waals surface area contributed by atoms with Gasteiger partial charge in [0.25, 0.3) is 0 Å². The average molecular weight is 483 g/mol. The van der Waals surface area contributed by atoms with Crippen molar-refractivity contribution in [1.82, 2.24) is 20.1 Å². The highest BCUT2D eigenvalue weighted by molar-refractivity contribution is 6.39. The van der Waals surface area contributed by atoms with E-state index in [0.29, 0.717) is 24.6 Å². The van der Waals surface area contributed by atoms with E-state index in [-0.39, 0.29) is 0 Å². The van der Waals surface area contributed by atoms with Gasteiger partial charge in [-0.2, -0.15) is 0 Å². The summed E-state index contributed by atoms with van der Waals surface area (Å²) in [7, 11) is 0. The fourth-order valence-corrected chi connectivity index (χ4v) is 4.05. The van der Waals surface area contributed by atoms with Crippen molar-refractivity contribution in [1.29, 1.82) is 0 Å². The number of benzene rings is 1. The van der Waals surface area contributed by atoms with Gasteiger partial charge in [-0.1, -0.05) is 19.9 Å². The van der Waals surface area contributed by atoms with Gasteiger partial charge in [-0.05, 0) is 50.3 Å². The summed E-state index contributed by atoms with van der Waals surface area (Å²) >= 11 is 0. The van der Waals surface area contributed by atoms with E-state index in [1.807, 2.05) is 30.6 Å². The van der Waals surface area contributed by atoms with Crippen molar-refractivity contribution in [3.8, 4) is 5.75 Å². The van der Waals surface area contributed by atoms with Crippen molar-refractivity contribution in [2.45, 2.75) is 20.3 Å². The highest BCUT2D eigenvalue weighted by atomic mass is 16.5. The molecule has 9 nitrogen and oxygen atoms in total. The molecule has 9 heteroatoms. The fourth-order valence-electron chi connectivity index (χ4n) is 4.05. The molecule has 35 heavy (non-hydrogen) atoms. The molecule has 1 aliphatic rings. The summed E-state index contributed by atoms with van der Waals surface area (Å²) in [6, 6.07) is 11.2. The Labute approximate surface area is 208 Å². The Morgan fingerprint density at radius 3 is 2.49 bits per heavy atom. The van der Waals surface area contributed by atoms with E-state index in [0.717, 1.165) is 58.8 Å². The molecular formula is C26H38N6O3. The van der Waals surface area contributed by atoms with Gasteiger partial charge in [-0.15, -0.1) is 0 Å². The van der Waals surface area contributed by atoms with Crippen LogP contribution in [0.4, 0.5) is 11.4 Å². The summed E-state index contributed by atoms with van der Waals surface area (Å²) in [5, 5.41) is 5.37. The quantitative estimate of drug-likeness (QED) is 0.354. The van der Waals surface area contributed by atoms with Crippen LogP contribution in [0.15, 0.2) is 48.8 Å². The number of anilines is 2. The Bertz CT molecular complexity index is 914. The van der Waals surface area contributed by atoms with Gasteiger partial charge in [0.2, 0.25) is 0 Å². The normalized spacial score (nSPS) is 14.1. The standard InChI is InChI=1S/C26H38N6O3/c1-3-30(4-2)19-20-35-24-8-5-7-22(21-24)29-26(34)25(33)28-11-6-14-31-15-17-32(18-16-31)23-9-12-27-13-10-23/h5,7-10,12-13,21H,3-4,6,11,14-20H2,1-2H3,(H,28,33)(H,29,34). The Hall–Kier alpha value is -3.17. The molecular weight excluding hydrogens is 444 g/mol. The molecule has 3 rings (SSSR count). The number of aromatic nitrogens is 1. The summed E-state index contributed by atoms with van der Waals surface area (Å²) in [4.78, 5) is 35.6. The smallest absolute Gasteiger partial charge is 0.313 e. The first kappa shape index (κ1) is 26.4. The second kappa shape index (κ2) is 14.3. The van der Waals surface area contributed by atoms with Gasteiger partial charge in [-0.25, -0.2) is 0 Å². The zero-order valence-corrected chi connectivity index (χ0v) is 20.9. The fraction of sp³-hybridized carbons (Fsp3) is 0.500. The predicted octanol–water partition coefficient (Wildman–Crippen LogP) is 2.07. The minimum atomic E-state index is -0.670. The SMILES string of the molecule is CCN(CC)CCOc1cccc(NC(=O)C(=O)NCCCN2CCN(c3ccncc3)CC2)c1. The molecule has 0 saturated carbocycles. The monoisotopic (exact) mass is 482 g/mol. The van der Waals surface area contributed by atoms with Crippen LogP contribution in [0.3, 0.4) is 0 Å². The summed E-state index contributed by atoms with van der Waals surface area (Å²) in [6.45, 7) is 12.9. The molecule has 1 aliphatic heterocycles. The average Bonchev–Trinajstić information content (AvgIpc) is 2.90. The molecule has 2 amide bonds. The lowest BCUT2D eigenvalue weighted by Crippen LogP contribution is -2.47. The zero-order valence-electron chi connectivity index (χ0n) is 20.9. The second-order valence-electron chi connectivity index (χ2n) is 8.50. The highest BCUT2D eigenvalue weighted by Gasteiger charge is 2.17. The number of amides is 2. The summed E-state index contributed by atoms with van der Waals surface area (Å²) in [5.74, 6) is -0.629. The Morgan fingerprint density at radius 2 is 1.77 bits per heavy atom. The number of hydrogen-bond acceptors (Lipinski definition) is 7. The van der Waals surface area contributed by atoms with Gasteiger partial charge in [0.1, 0.15) is 12.4 Å². The van der Waals surface area contributed by atoms with Crippen molar-refractivity contribution in [3.63, 3.8) is 0 Å². The number of nitrogens with zero attached hydrogens (tertiary/aromatic N) is 4. The first-order chi connectivity index (χ1) is 17.1. The number of carbonyl (C=O) groups excluding carboxylic acids is 2. The van der Waals surface area contributed by atoms with Gasteiger partial charge in [-0.3, -0.25) is 19.5 Å². The van der Waals surface area contributed by atoms with E-state index in [2.05, 4.69) is 44.2 Å². The summed E-state index contributed by atoms with van der Waals surface area (Å²) in [5.41, 5.74) is 1.74. The van der Waals surface area contributed by atoms with E-state index >= 15 is 0 Å². The van der Waals surface area contributed by atoms with Gasteiger partial charge in [0, 0.05) is 69.1 Å². The Kier molecular flexibility index (Phi) is 10.8. The summed E-state index contributed by atoms with van der Waals surface area (Å²) < 4.78 is 5.79. The molecule has 0 radical (unpaired) electrons. The molecule has 0 unspecified atom stereocenters. The van der Waals surface area contributed by atoms with Crippen LogP contribution in [0, 0.1) is 0 Å². The molecule has 1 saturated heterocycles. The number of pyridine rings is 1. The molecule has 0 bridgehead atoms. The van der Waals surface area contributed by atoms with E-state index in [1.165, 1.54) is 5.69 Å². The van der Waals surface area contributed by atoms with Gasteiger partial charge in [0.05, 0.1) is 0 Å². The molecule has 1 aromatic carbocycles. The van der Waals surface area contributed by atoms with Crippen LogP contribution in [0.1, 0.15) is 20.3 Å². The third-order valence-corrected chi connectivity index (χ3v) is 6.21. The van der Waals surface area contributed by atoms with Crippen LogP contribution in [0.2, 0.25) is 0 Å². The third-order valence-electron chi connectivity index (χ3n) is 6.21. The maximum absolute atomic E-state index is 12.3. The topological polar surface area (TPSA) is 90.0 Å². The van der Waals surface area contributed by atoms with Gasteiger partial charge >= 0.3 is 11.8 Å². The van der Waals surface area contributed by atoms with Crippen molar-refractivity contribution >= 4 is 23.2 Å². The third kappa shape index (κ3) is 8.84. The lowest BCUT2D eigenvalue weighted by Gasteiger charge is -2.36. The van der Waals surface area contributed by atoms with E-state index in [9.17, 15) is 9.59 Å². The lowest BCUT2D eigenvalue weighted by atomic mass is 10.2. The van der Waals surface area contributed by atoms with Crippen LogP contribution in [-0.4, -0.2) is 92.1 Å². The van der Waals surface area contributed by atoms with Crippen LogP contribution in [0.25, 0.3) is 0 Å². The van der Waals surface area contributed by atoms with Gasteiger partial charge < -0.3 is 25.2 Å². The molecule has 190 valence electrons. The molecule has 1 aromatic heterocycles. The number of ether oxygens (including phenoxy) is 1. The molecule has 2 heterocycles. The zero-order chi connectivity index (χ0) is 24.9. The molecule has 1 fully saturated rings. The predicted molar refractivity (Wildman–Crippen MR) is 139 cm³/mol. The minimum Gasteiger partial charge on any atom is -0.492 e. The van der Waals surface area contributed by atoms with Crippen molar-refractivity contribution in [2.24, 2.45) is 0 Å². The number of nitrogens with one attached hydrogen (secondary N) is 2. The largest absolute Gasteiger partial charge is 0.492 e. The number of likely N-dealkylation sites (N-methyl/N-ethyl adjacent to an activating group) is 1. The van der Waals surface area contributed by atoms with Crippen LogP contribution < -0.4 is 20.3 Å². The highest BCUT2D eigenvalue weighted by Crippen LogP contribution is 2.17. The summed E-state index contributed by atoms with van der Waals surface area (Å²) in [6.07, 6.45) is 4.43. The van der Waals surface area contributed by atoms with E-state index in [1.54, 1.807) is 18.2 Å². The van der Waals surface area contributed by atoms with E-state index in [4.69, 9.17) is 4.74 Å². The van der Waals surface area contributed by atoms with Crippen molar-refractivity contribution in [3.05, 3.63) is 48.8 Å². The lowest BCUT2D eigenvalue weighted by molar-refractivity contribution is -0.136. The molecule has 2 N–H and O–H groups in total.